The molecule has 1 N–H and O–H groups in total. The zero-order chi connectivity index (χ0) is 15.1. The quantitative estimate of drug-likeness (QED) is 0.753. The number of nitrogens with one attached hydrogen (secondary N) is 1. The van der Waals surface area contributed by atoms with E-state index in [1.807, 2.05) is 18.2 Å². The van der Waals surface area contributed by atoms with Crippen molar-refractivity contribution in [3.8, 4) is 11.5 Å². The molecule has 0 bridgehead atoms. The lowest BCUT2D eigenvalue weighted by molar-refractivity contribution is 0.393. The third kappa shape index (κ3) is 4.33. The Kier molecular flexibility index (Phi) is 6.28. The number of aromatic nitrogens is 2. The maximum absolute atomic E-state index is 5.48. The van der Waals surface area contributed by atoms with Crippen LogP contribution in [0.2, 0.25) is 0 Å². The first-order chi connectivity index (χ1) is 10.3. The van der Waals surface area contributed by atoms with E-state index in [0.29, 0.717) is 0 Å². The van der Waals surface area contributed by atoms with Crippen molar-refractivity contribution in [2.45, 2.75) is 17.3 Å². The minimum absolute atomic E-state index is 0.161. The van der Waals surface area contributed by atoms with Gasteiger partial charge in [-0.1, -0.05) is 30.0 Å². The first-order valence-corrected chi connectivity index (χ1v) is 8.49. The fourth-order valence-corrected chi connectivity index (χ4v) is 3.59. The molecule has 21 heavy (non-hydrogen) atoms. The topological polar surface area (TPSA) is 56.3 Å². The van der Waals surface area contributed by atoms with Gasteiger partial charge in [-0.2, -0.15) is 0 Å². The molecule has 7 heteroatoms. The van der Waals surface area contributed by atoms with E-state index in [1.165, 1.54) is 0 Å². The van der Waals surface area contributed by atoms with Gasteiger partial charge in [0.25, 0.3) is 0 Å². The zero-order valence-corrected chi connectivity index (χ0v) is 14.0. The summed E-state index contributed by atoms with van der Waals surface area (Å²) in [6.45, 7) is 2.97. The smallest absolute Gasteiger partial charge is 0.174 e. The van der Waals surface area contributed by atoms with Crippen molar-refractivity contribution in [2.24, 2.45) is 0 Å². The van der Waals surface area contributed by atoms with Crippen LogP contribution in [0, 0.1) is 0 Å². The number of hydrogen-bond donors (Lipinski definition) is 1. The van der Waals surface area contributed by atoms with Crippen molar-refractivity contribution >= 4 is 23.1 Å². The molecule has 0 radical (unpaired) electrons. The van der Waals surface area contributed by atoms with E-state index >= 15 is 0 Å². The fourth-order valence-electron chi connectivity index (χ4n) is 2.00. The first-order valence-electron chi connectivity index (χ1n) is 6.62. The molecule has 0 aliphatic carbocycles. The Hall–Kier alpha value is -1.31. The van der Waals surface area contributed by atoms with Crippen molar-refractivity contribution in [1.82, 2.24) is 15.5 Å². The summed E-state index contributed by atoms with van der Waals surface area (Å²) < 4.78 is 11.8. The highest BCUT2D eigenvalue weighted by Gasteiger charge is 2.17. The van der Waals surface area contributed by atoms with E-state index in [-0.39, 0.29) is 6.04 Å². The average Bonchev–Trinajstić information content (AvgIpc) is 3.04. The third-order valence-electron chi connectivity index (χ3n) is 2.98. The molecule has 1 atom stereocenters. The minimum Gasteiger partial charge on any atom is -0.497 e. The number of ether oxygens (including phenoxy) is 2. The normalized spacial score (nSPS) is 12.1. The number of nitrogens with zero attached hydrogens (tertiary/aromatic N) is 2. The maximum Gasteiger partial charge on any atom is 0.174 e. The molecule has 1 aromatic carbocycles. The molecule has 2 aromatic rings. The summed E-state index contributed by atoms with van der Waals surface area (Å²) in [7, 11) is 3.36. The first kappa shape index (κ1) is 16.1. The summed E-state index contributed by atoms with van der Waals surface area (Å²) in [6, 6.07) is 6.03. The minimum atomic E-state index is 0.161. The number of thioether (sulfide) groups is 1. The molecular weight excluding hydrogens is 306 g/mol. The molecule has 1 heterocycles. The summed E-state index contributed by atoms with van der Waals surface area (Å²) in [6.07, 6.45) is 0. The Morgan fingerprint density at radius 1 is 1.33 bits per heavy atom. The molecule has 114 valence electrons. The van der Waals surface area contributed by atoms with Crippen LogP contribution < -0.4 is 14.8 Å². The van der Waals surface area contributed by atoms with Crippen LogP contribution >= 0.6 is 23.1 Å². The van der Waals surface area contributed by atoms with Crippen LogP contribution in [-0.2, 0) is 0 Å². The van der Waals surface area contributed by atoms with Gasteiger partial charge in [-0.3, -0.25) is 0 Å². The SMILES string of the molecule is CCNC(CSc1nncs1)c1cc(OC)ccc1OC. The molecule has 0 saturated heterocycles. The maximum atomic E-state index is 5.48. The molecule has 1 aromatic heterocycles. The second kappa shape index (κ2) is 8.21. The molecular formula is C14H19N3O2S2. The van der Waals surface area contributed by atoms with Crippen LogP contribution in [0.1, 0.15) is 18.5 Å². The van der Waals surface area contributed by atoms with Gasteiger partial charge in [0.05, 0.1) is 14.2 Å². The highest BCUT2D eigenvalue weighted by Crippen LogP contribution is 2.33. The standard InChI is InChI=1S/C14H19N3O2S2/c1-4-15-12(8-20-14-17-16-9-21-14)11-7-10(18-2)5-6-13(11)19-3/h5-7,9,12,15H,4,8H2,1-3H3. The molecule has 1 unspecified atom stereocenters. The lowest BCUT2D eigenvalue weighted by atomic mass is 10.1. The number of rotatable bonds is 8. The Morgan fingerprint density at radius 3 is 2.81 bits per heavy atom. The van der Waals surface area contributed by atoms with E-state index in [9.17, 15) is 0 Å². The average molecular weight is 325 g/mol. The van der Waals surface area contributed by atoms with Crippen molar-refractivity contribution in [3.05, 3.63) is 29.3 Å². The Bertz CT molecular complexity index is 549. The van der Waals surface area contributed by atoms with Gasteiger partial charge < -0.3 is 14.8 Å². The lowest BCUT2D eigenvalue weighted by Gasteiger charge is -2.20. The molecule has 5 nitrogen and oxygen atoms in total. The van der Waals surface area contributed by atoms with Crippen LogP contribution in [0.3, 0.4) is 0 Å². The highest BCUT2D eigenvalue weighted by molar-refractivity contribution is 8.01. The van der Waals surface area contributed by atoms with Gasteiger partial charge in [0.2, 0.25) is 0 Å². The van der Waals surface area contributed by atoms with Crippen LogP contribution in [0.15, 0.2) is 28.0 Å². The van der Waals surface area contributed by atoms with Crippen molar-refractivity contribution in [2.75, 3.05) is 26.5 Å². The summed E-state index contributed by atoms with van der Waals surface area (Å²) in [5.41, 5.74) is 2.84. The fraction of sp³-hybridized carbons (Fsp3) is 0.429. The van der Waals surface area contributed by atoms with E-state index in [4.69, 9.17) is 9.47 Å². The van der Waals surface area contributed by atoms with Gasteiger partial charge in [0, 0.05) is 17.4 Å². The predicted octanol–water partition coefficient (Wildman–Crippen LogP) is 3.00. The van der Waals surface area contributed by atoms with E-state index in [1.54, 1.807) is 42.8 Å². The van der Waals surface area contributed by atoms with Crippen LogP contribution in [0.25, 0.3) is 0 Å². The van der Waals surface area contributed by atoms with Gasteiger partial charge >= 0.3 is 0 Å². The Labute approximate surface area is 133 Å². The summed E-state index contributed by atoms with van der Waals surface area (Å²) in [4.78, 5) is 0. The van der Waals surface area contributed by atoms with Gasteiger partial charge in [-0.05, 0) is 24.7 Å². The number of methoxy groups -OCH3 is 2. The van der Waals surface area contributed by atoms with E-state index < -0.39 is 0 Å². The third-order valence-corrected chi connectivity index (χ3v) is 4.93. The van der Waals surface area contributed by atoms with Gasteiger partial charge in [-0.25, -0.2) is 0 Å². The van der Waals surface area contributed by atoms with E-state index in [0.717, 1.165) is 33.7 Å². The van der Waals surface area contributed by atoms with Crippen molar-refractivity contribution in [3.63, 3.8) is 0 Å². The summed E-state index contributed by atoms with van der Waals surface area (Å²) in [5.74, 6) is 2.54. The molecule has 0 saturated carbocycles. The molecule has 0 spiro atoms. The highest BCUT2D eigenvalue weighted by atomic mass is 32.2. The summed E-state index contributed by atoms with van der Waals surface area (Å²) in [5, 5.41) is 11.4. The van der Waals surface area contributed by atoms with E-state index in [2.05, 4.69) is 22.4 Å². The monoisotopic (exact) mass is 325 g/mol. The second-order valence-electron chi connectivity index (χ2n) is 4.23. The lowest BCUT2D eigenvalue weighted by Crippen LogP contribution is -2.23. The molecule has 0 aliphatic heterocycles. The molecule has 0 amide bonds. The number of hydrogen-bond acceptors (Lipinski definition) is 7. The Morgan fingerprint density at radius 2 is 2.19 bits per heavy atom. The van der Waals surface area contributed by atoms with Crippen LogP contribution in [0.4, 0.5) is 0 Å². The van der Waals surface area contributed by atoms with Crippen LogP contribution in [-0.4, -0.2) is 36.7 Å². The van der Waals surface area contributed by atoms with Crippen molar-refractivity contribution in [1.29, 1.82) is 0 Å². The van der Waals surface area contributed by atoms with Gasteiger partial charge in [0.1, 0.15) is 17.0 Å². The van der Waals surface area contributed by atoms with Gasteiger partial charge in [-0.15, -0.1) is 10.2 Å². The molecule has 2 rings (SSSR count). The Balaban J connectivity index is 2.19. The predicted molar refractivity (Wildman–Crippen MR) is 86.6 cm³/mol. The van der Waals surface area contributed by atoms with Gasteiger partial charge in [0.15, 0.2) is 4.34 Å². The zero-order valence-electron chi connectivity index (χ0n) is 12.3. The second-order valence-corrected chi connectivity index (χ2v) is 6.33. The molecule has 0 aliphatic rings. The van der Waals surface area contributed by atoms with Crippen molar-refractivity contribution < 1.29 is 9.47 Å². The summed E-state index contributed by atoms with van der Waals surface area (Å²) >= 11 is 3.24. The number of benzene rings is 1. The largest absolute Gasteiger partial charge is 0.497 e. The van der Waals surface area contributed by atoms with Crippen LogP contribution in [0.5, 0.6) is 11.5 Å². The molecule has 0 fully saturated rings.